The van der Waals surface area contributed by atoms with E-state index in [0.717, 1.165) is 59.6 Å². The highest BCUT2D eigenvalue weighted by atomic mass is 19.1. The van der Waals surface area contributed by atoms with Gasteiger partial charge in [-0.3, -0.25) is 0 Å². The summed E-state index contributed by atoms with van der Waals surface area (Å²) < 4.78 is 33.9. The highest BCUT2D eigenvalue weighted by Crippen LogP contribution is 2.37. The third-order valence-corrected chi connectivity index (χ3v) is 6.49. The lowest BCUT2D eigenvalue weighted by atomic mass is 9.93. The van der Waals surface area contributed by atoms with Crippen molar-refractivity contribution in [3.63, 3.8) is 0 Å². The van der Waals surface area contributed by atoms with Crippen molar-refractivity contribution >= 4 is 0 Å². The van der Waals surface area contributed by atoms with E-state index in [2.05, 4.69) is 24.0 Å². The van der Waals surface area contributed by atoms with Crippen LogP contribution in [0.5, 0.6) is 5.75 Å². The van der Waals surface area contributed by atoms with Crippen LogP contribution in [0.15, 0.2) is 36.4 Å². The maximum Gasteiger partial charge on any atom is 0.122 e. The van der Waals surface area contributed by atoms with Crippen LogP contribution in [0.3, 0.4) is 0 Å². The largest absolute Gasteiger partial charge is 0.493 e. The fraction of sp³-hybridized carbons (Fsp3) is 0.520. The molecule has 2 aliphatic rings. The van der Waals surface area contributed by atoms with Crippen molar-refractivity contribution in [2.45, 2.75) is 57.8 Å². The minimum absolute atomic E-state index is 0.504. The monoisotopic (exact) mass is 399 g/mol. The van der Waals surface area contributed by atoms with Crippen molar-refractivity contribution in [2.75, 3.05) is 26.2 Å². The molecule has 1 aliphatic carbocycles. The van der Waals surface area contributed by atoms with Gasteiger partial charge in [0.1, 0.15) is 17.6 Å². The average Bonchev–Trinajstić information content (AvgIpc) is 3.08. The Balaban J connectivity index is 1.38. The number of fused-ring (bicyclic) bond motifs is 1. The summed E-state index contributed by atoms with van der Waals surface area (Å²) >= 11 is 0. The van der Waals surface area contributed by atoms with Crippen LogP contribution in [0, 0.1) is 6.92 Å². The molecule has 2 aromatic carbocycles. The fourth-order valence-electron chi connectivity index (χ4n) is 4.63. The van der Waals surface area contributed by atoms with Crippen molar-refractivity contribution in [3.8, 4) is 16.9 Å². The van der Waals surface area contributed by atoms with E-state index in [0.29, 0.717) is 32.3 Å². The first-order valence-corrected chi connectivity index (χ1v) is 10.8. The molecule has 4 rings (SSSR count). The molecule has 0 radical (unpaired) electrons. The zero-order valence-electron chi connectivity index (χ0n) is 17.5. The van der Waals surface area contributed by atoms with Gasteiger partial charge < -0.3 is 9.64 Å². The van der Waals surface area contributed by atoms with Gasteiger partial charge in [0.2, 0.25) is 0 Å². The van der Waals surface area contributed by atoms with Gasteiger partial charge in [0.15, 0.2) is 0 Å². The summed E-state index contributed by atoms with van der Waals surface area (Å²) in [6, 6.07) is 12.3. The summed E-state index contributed by atoms with van der Waals surface area (Å²) in [6.45, 7) is 7.04. The van der Waals surface area contributed by atoms with Gasteiger partial charge in [-0.2, -0.15) is 0 Å². The van der Waals surface area contributed by atoms with Crippen molar-refractivity contribution in [3.05, 3.63) is 53.1 Å². The second-order valence-corrected chi connectivity index (χ2v) is 8.83. The third kappa shape index (κ3) is 4.63. The number of ether oxygens (including phenoxy) is 1. The van der Waals surface area contributed by atoms with Crippen LogP contribution in [-0.4, -0.2) is 43.0 Å². The summed E-state index contributed by atoms with van der Waals surface area (Å²) in [5, 5.41) is 0. The second-order valence-electron chi connectivity index (χ2n) is 8.83. The van der Waals surface area contributed by atoms with E-state index in [1.54, 1.807) is 6.92 Å². The molecule has 1 heterocycles. The number of hydrogen-bond donors (Lipinski definition) is 0. The van der Waals surface area contributed by atoms with Crippen LogP contribution in [0.1, 0.15) is 42.9 Å². The van der Waals surface area contributed by atoms with Crippen LogP contribution in [-0.2, 0) is 12.8 Å². The van der Waals surface area contributed by atoms with E-state index in [1.165, 1.54) is 0 Å². The normalized spacial score (nSPS) is 21.2. The average molecular weight is 400 g/mol. The van der Waals surface area contributed by atoms with Gasteiger partial charge in [-0.1, -0.05) is 30.3 Å². The lowest BCUT2D eigenvalue weighted by Gasteiger charge is -2.34. The van der Waals surface area contributed by atoms with E-state index < -0.39 is 11.8 Å². The summed E-state index contributed by atoms with van der Waals surface area (Å²) in [5.74, 6) is 0.893. The number of nitrogens with zero attached hydrogens (tertiary/aromatic N) is 1. The summed E-state index contributed by atoms with van der Waals surface area (Å²) in [4.78, 5) is 2.33. The molecule has 2 aromatic rings. The van der Waals surface area contributed by atoms with Crippen LogP contribution in [0.25, 0.3) is 11.1 Å². The summed E-state index contributed by atoms with van der Waals surface area (Å²) in [7, 11) is 0. The number of likely N-dealkylation sites (tertiary alicyclic amines) is 1. The first-order chi connectivity index (χ1) is 13.9. The quantitative estimate of drug-likeness (QED) is 0.579. The molecule has 0 bridgehead atoms. The number of hydrogen-bond acceptors (Lipinski definition) is 2. The molecule has 0 aromatic heterocycles. The highest BCUT2D eigenvalue weighted by Gasteiger charge is 2.29. The van der Waals surface area contributed by atoms with Gasteiger partial charge in [-0.15, -0.1) is 0 Å². The van der Waals surface area contributed by atoms with Crippen molar-refractivity contribution in [1.29, 1.82) is 0 Å². The Kier molecular flexibility index (Phi) is 5.91. The minimum Gasteiger partial charge on any atom is -0.493 e. The molecule has 29 heavy (non-hydrogen) atoms. The van der Waals surface area contributed by atoms with Gasteiger partial charge in [0.05, 0.1) is 6.61 Å². The van der Waals surface area contributed by atoms with E-state index in [-0.39, 0.29) is 0 Å². The van der Waals surface area contributed by atoms with Gasteiger partial charge in [-0.05, 0) is 67.0 Å². The number of halogens is 2. The zero-order valence-corrected chi connectivity index (χ0v) is 17.5. The van der Waals surface area contributed by atoms with Crippen molar-refractivity contribution in [1.82, 2.24) is 4.90 Å². The molecular weight excluding hydrogens is 368 g/mol. The molecule has 0 amide bonds. The number of rotatable bonds is 6. The predicted octanol–water partition coefficient (Wildman–Crippen LogP) is 5.69. The lowest BCUT2D eigenvalue weighted by Crippen LogP contribution is -2.40. The second kappa shape index (κ2) is 8.43. The van der Waals surface area contributed by atoms with E-state index in [1.807, 2.05) is 24.3 Å². The van der Waals surface area contributed by atoms with Gasteiger partial charge in [0, 0.05) is 32.5 Å². The Labute approximate surface area is 172 Å². The molecule has 1 saturated heterocycles. The molecule has 156 valence electrons. The first-order valence-electron chi connectivity index (χ1n) is 10.8. The minimum atomic E-state index is -0.996. The molecule has 2 nitrogen and oxygen atoms in total. The number of alkyl halides is 2. The smallest absolute Gasteiger partial charge is 0.122 e. The standard InChI is InChI=1S/C25H31F2NO/c1-18-21(22-8-3-6-19-16-20(26)17-23(19)22)7-4-9-24(18)29-15-5-12-28-13-10-25(2,27)11-14-28/h3-4,6-9,20H,5,10-17H2,1-2H3/t20-/m0/s1. The molecule has 1 aliphatic heterocycles. The summed E-state index contributed by atoms with van der Waals surface area (Å²) in [5.41, 5.74) is 4.65. The molecule has 4 heteroatoms. The topological polar surface area (TPSA) is 12.5 Å². The Bertz CT molecular complexity index is 854. The highest BCUT2D eigenvalue weighted by molar-refractivity contribution is 5.74. The van der Waals surface area contributed by atoms with E-state index in [4.69, 9.17) is 4.74 Å². The van der Waals surface area contributed by atoms with Crippen LogP contribution < -0.4 is 4.74 Å². The molecular formula is C25H31F2NO. The zero-order chi connectivity index (χ0) is 20.4. The molecule has 1 fully saturated rings. The molecule has 0 saturated carbocycles. The number of piperidine rings is 1. The van der Waals surface area contributed by atoms with Crippen LogP contribution in [0.4, 0.5) is 8.78 Å². The Morgan fingerprint density at radius 3 is 2.59 bits per heavy atom. The Morgan fingerprint density at radius 2 is 1.79 bits per heavy atom. The maximum atomic E-state index is 13.9. The molecule has 1 atom stereocenters. The van der Waals surface area contributed by atoms with Crippen molar-refractivity contribution < 1.29 is 13.5 Å². The van der Waals surface area contributed by atoms with Gasteiger partial charge >= 0.3 is 0 Å². The Morgan fingerprint density at radius 1 is 1.07 bits per heavy atom. The third-order valence-electron chi connectivity index (χ3n) is 6.49. The molecule has 0 spiro atoms. The van der Waals surface area contributed by atoms with Crippen LogP contribution in [0.2, 0.25) is 0 Å². The number of benzene rings is 2. The molecule has 0 unspecified atom stereocenters. The molecule has 0 N–H and O–H groups in total. The maximum absolute atomic E-state index is 13.9. The predicted molar refractivity (Wildman–Crippen MR) is 114 cm³/mol. The van der Waals surface area contributed by atoms with E-state index >= 15 is 0 Å². The first kappa shape index (κ1) is 20.3. The summed E-state index contributed by atoms with van der Waals surface area (Å²) in [6.07, 6.45) is 2.43. The van der Waals surface area contributed by atoms with Crippen molar-refractivity contribution in [2.24, 2.45) is 0 Å². The van der Waals surface area contributed by atoms with Crippen LogP contribution >= 0.6 is 0 Å². The lowest BCUT2D eigenvalue weighted by molar-refractivity contribution is 0.0715. The fourth-order valence-corrected chi connectivity index (χ4v) is 4.63. The van der Waals surface area contributed by atoms with E-state index in [9.17, 15) is 8.78 Å². The van der Waals surface area contributed by atoms with Gasteiger partial charge in [-0.25, -0.2) is 8.78 Å². The van der Waals surface area contributed by atoms with Gasteiger partial charge in [0.25, 0.3) is 0 Å². The Hall–Kier alpha value is -1.94. The SMILES string of the molecule is Cc1c(OCCCN2CCC(C)(F)CC2)cccc1-c1cccc2c1C[C@@H](F)C2.